The molecule has 5 nitrogen and oxygen atoms in total. The lowest BCUT2D eigenvalue weighted by Gasteiger charge is -2.17. The summed E-state index contributed by atoms with van der Waals surface area (Å²) in [5, 5.41) is 7.30. The van der Waals surface area contributed by atoms with Crippen LogP contribution < -0.4 is 5.32 Å². The molecule has 0 saturated carbocycles. The minimum Gasteiger partial charge on any atom is -0.339 e. The monoisotopic (exact) mass is 278 g/mol. The van der Waals surface area contributed by atoms with E-state index < -0.39 is 0 Å². The zero-order chi connectivity index (χ0) is 14.5. The van der Waals surface area contributed by atoms with E-state index in [-0.39, 0.29) is 17.8 Å². The Hall–Kier alpha value is -1.82. The number of rotatable bonds is 6. The molecule has 0 aliphatic heterocycles. The molecule has 108 valence electrons. The van der Waals surface area contributed by atoms with E-state index in [0.29, 0.717) is 17.4 Å². The molecule has 0 bridgehead atoms. The number of hydrogen-bond acceptors (Lipinski definition) is 5. The maximum absolute atomic E-state index is 12.8. The van der Waals surface area contributed by atoms with Gasteiger partial charge in [-0.3, -0.25) is 0 Å². The second-order valence-electron chi connectivity index (χ2n) is 4.85. The Morgan fingerprint density at radius 1 is 1.35 bits per heavy atom. The van der Waals surface area contributed by atoms with E-state index in [0.717, 1.165) is 19.2 Å². The van der Waals surface area contributed by atoms with Gasteiger partial charge in [0.25, 0.3) is 0 Å². The Bertz CT molecular complexity index is 540. The van der Waals surface area contributed by atoms with E-state index in [1.807, 2.05) is 6.92 Å². The van der Waals surface area contributed by atoms with Gasteiger partial charge in [0, 0.05) is 6.04 Å². The summed E-state index contributed by atoms with van der Waals surface area (Å²) in [6, 6.07) is 3.10. The van der Waals surface area contributed by atoms with E-state index in [9.17, 15) is 4.39 Å². The van der Waals surface area contributed by atoms with Crippen molar-refractivity contribution in [2.45, 2.75) is 39.2 Å². The first-order chi connectivity index (χ1) is 9.61. The number of nitrogens with one attached hydrogen (secondary N) is 1. The molecule has 2 aromatic rings. The van der Waals surface area contributed by atoms with Gasteiger partial charge in [-0.2, -0.15) is 4.98 Å². The molecule has 2 unspecified atom stereocenters. The Kier molecular flexibility index (Phi) is 4.79. The summed E-state index contributed by atoms with van der Waals surface area (Å²) in [5.74, 6) is 0.656. The molecule has 20 heavy (non-hydrogen) atoms. The normalized spacial score (nSPS) is 14.2. The summed E-state index contributed by atoms with van der Waals surface area (Å²) < 4.78 is 18.1. The van der Waals surface area contributed by atoms with Crippen LogP contribution in [0.25, 0.3) is 11.5 Å². The van der Waals surface area contributed by atoms with Crippen LogP contribution >= 0.6 is 0 Å². The maximum atomic E-state index is 12.8. The van der Waals surface area contributed by atoms with Gasteiger partial charge < -0.3 is 9.84 Å². The maximum Gasteiger partial charge on any atom is 0.231 e. The molecule has 2 heterocycles. The highest BCUT2D eigenvalue weighted by Gasteiger charge is 2.21. The Labute approximate surface area is 117 Å². The predicted octanol–water partition coefficient (Wildman–Crippen LogP) is 2.76. The Morgan fingerprint density at radius 2 is 2.15 bits per heavy atom. The van der Waals surface area contributed by atoms with Gasteiger partial charge in [0.1, 0.15) is 11.5 Å². The molecule has 0 fully saturated rings. The van der Waals surface area contributed by atoms with E-state index in [4.69, 9.17) is 4.52 Å². The number of nitrogens with zero attached hydrogens (tertiary/aromatic N) is 3. The van der Waals surface area contributed by atoms with Gasteiger partial charge >= 0.3 is 0 Å². The molecule has 0 aliphatic rings. The first kappa shape index (κ1) is 14.6. The van der Waals surface area contributed by atoms with Gasteiger partial charge in [0.15, 0.2) is 0 Å². The molecule has 0 amide bonds. The van der Waals surface area contributed by atoms with Crippen molar-refractivity contribution in [3.63, 3.8) is 0 Å². The fraction of sp³-hybridized carbons (Fsp3) is 0.500. The quantitative estimate of drug-likeness (QED) is 0.880. The number of hydrogen-bond donors (Lipinski definition) is 1. The molecule has 0 spiro atoms. The van der Waals surface area contributed by atoms with Crippen LogP contribution in [0.2, 0.25) is 0 Å². The summed E-state index contributed by atoms with van der Waals surface area (Å²) in [6.07, 6.45) is 2.21. The molecule has 1 N–H and O–H groups in total. The molecule has 2 rings (SSSR count). The van der Waals surface area contributed by atoms with E-state index in [2.05, 4.69) is 34.3 Å². The molecule has 0 aromatic carbocycles. The average molecular weight is 278 g/mol. The standard InChI is InChI=1S/C14H19FN4O/c1-4-7-16-10(3)9(2)14-18-13(19-20-14)12-6-5-11(15)8-17-12/h5-6,8-10,16H,4,7H2,1-3H3. The van der Waals surface area contributed by atoms with Crippen LogP contribution in [0.4, 0.5) is 4.39 Å². The zero-order valence-electron chi connectivity index (χ0n) is 11.9. The van der Waals surface area contributed by atoms with Crippen LogP contribution in [0.3, 0.4) is 0 Å². The second kappa shape index (κ2) is 6.56. The Balaban J connectivity index is 2.10. The van der Waals surface area contributed by atoms with Crippen LogP contribution in [-0.2, 0) is 0 Å². The van der Waals surface area contributed by atoms with Crippen molar-refractivity contribution in [3.8, 4) is 11.5 Å². The van der Waals surface area contributed by atoms with Crippen molar-refractivity contribution < 1.29 is 8.91 Å². The molecule has 0 aliphatic carbocycles. The molecular formula is C14H19FN4O. The molecule has 0 saturated heterocycles. The van der Waals surface area contributed by atoms with Crippen molar-refractivity contribution >= 4 is 0 Å². The van der Waals surface area contributed by atoms with Gasteiger partial charge in [-0.1, -0.05) is 19.0 Å². The smallest absolute Gasteiger partial charge is 0.231 e. The van der Waals surface area contributed by atoms with Crippen LogP contribution in [0.5, 0.6) is 0 Å². The Morgan fingerprint density at radius 3 is 2.80 bits per heavy atom. The minimum absolute atomic E-state index is 0.100. The third-order valence-corrected chi connectivity index (χ3v) is 3.25. The summed E-state index contributed by atoms with van der Waals surface area (Å²) in [5.41, 5.74) is 0.503. The van der Waals surface area contributed by atoms with Crippen molar-refractivity contribution in [1.82, 2.24) is 20.4 Å². The average Bonchev–Trinajstić information content (AvgIpc) is 2.94. The van der Waals surface area contributed by atoms with Gasteiger partial charge in [0.2, 0.25) is 11.7 Å². The highest BCUT2D eigenvalue weighted by Crippen LogP contribution is 2.20. The fourth-order valence-corrected chi connectivity index (χ4v) is 1.79. The van der Waals surface area contributed by atoms with Crippen LogP contribution in [0, 0.1) is 5.82 Å². The third kappa shape index (κ3) is 3.39. The van der Waals surface area contributed by atoms with Gasteiger partial charge in [0.05, 0.1) is 12.1 Å². The van der Waals surface area contributed by atoms with Crippen LogP contribution in [0.1, 0.15) is 39.0 Å². The van der Waals surface area contributed by atoms with Gasteiger partial charge in [-0.15, -0.1) is 0 Å². The number of aromatic nitrogens is 3. The molecule has 0 radical (unpaired) electrons. The predicted molar refractivity (Wildman–Crippen MR) is 73.7 cm³/mol. The third-order valence-electron chi connectivity index (χ3n) is 3.25. The van der Waals surface area contributed by atoms with Gasteiger partial charge in [-0.25, -0.2) is 9.37 Å². The highest BCUT2D eigenvalue weighted by atomic mass is 19.1. The molecular weight excluding hydrogens is 259 g/mol. The van der Waals surface area contributed by atoms with E-state index in [1.54, 1.807) is 0 Å². The lowest BCUT2D eigenvalue weighted by molar-refractivity contribution is 0.331. The van der Waals surface area contributed by atoms with Crippen LogP contribution in [-0.4, -0.2) is 27.7 Å². The minimum atomic E-state index is -0.386. The first-order valence-electron chi connectivity index (χ1n) is 6.80. The van der Waals surface area contributed by atoms with E-state index >= 15 is 0 Å². The zero-order valence-corrected chi connectivity index (χ0v) is 11.9. The lowest BCUT2D eigenvalue weighted by Crippen LogP contribution is -2.31. The van der Waals surface area contributed by atoms with E-state index in [1.165, 1.54) is 12.1 Å². The molecule has 6 heteroatoms. The summed E-state index contributed by atoms with van der Waals surface area (Å²) in [7, 11) is 0. The van der Waals surface area contributed by atoms with Crippen molar-refractivity contribution in [1.29, 1.82) is 0 Å². The van der Waals surface area contributed by atoms with Crippen molar-refractivity contribution in [3.05, 3.63) is 30.0 Å². The summed E-state index contributed by atoms with van der Waals surface area (Å²) in [6.45, 7) is 7.18. The topological polar surface area (TPSA) is 63.8 Å². The van der Waals surface area contributed by atoms with Gasteiger partial charge in [-0.05, 0) is 32.0 Å². The van der Waals surface area contributed by atoms with Crippen molar-refractivity contribution in [2.75, 3.05) is 6.54 Å². The summed E-state index contributed by atoms with van der Waals surface area (Å²) >= 11 is 0. The fourth-order valence-electron chi connectivity index (χ4n) is 1.79. The second-order valence-corrected chi connectivity index (χ2v) is 4.85. The van der Waals surface area contributed by atoms with Crippen LogP contribution in [0.15, 0.2) is 22.9 Å². The summed E-state index contributed by atoms with van der Waals surface area (Å²) in [4.78, 5) is 8.28. The molecule has 2 aromatic heterocycles. The lowest BCUT2D eigenvalue weighted by atomic mass is 10.0. The SMILES string of the molecule is CCCNC(C)C(C)c1nc(-c2ccc(F)cn2)no1. The molecule has 2 atom stereocenters. The largest absolute Gasteiger partial charge is 0.339 e. The highest BCUT2D eigenvalue weighted by molar-refractivity contribution is 5.47. The number of halogens is 1. The first-order valence-corrected chi connectivity index (χ1v) is 6.80. The number of pyridine rings is 1. The van der Waals surface area contributed by atoms with Crippen molar-refractivity contribution in [2.24, 2.45) is 0 Å².